The van der Waals surface area contributed by atoms with Crippen LogP contribution in [0.3, 0.4) is 0 Å². The van der Waals surface area contributed by atoms with Gasteiger partial charge < -0.3 is 11.5 Å². The van der Waals surface area contributed by atoms with Crippen molar-refractivity contribution in [3.05, 3.63) is 115 Å². The molecule has 8 nitrogen and oxygen atoms in total. The highest BCUT2D eigenvalue weighted by atomic mass is 16.6. The highest BCUT2D eigenvalue weighted by molar-refractivity contribution is 5.85. The lowest BCUT2D eigenvalue weighted by Gasteiger charge is -2.09. The molecule has 0 spiro atoms. The van der Waals surface area contributed by atoms with Crippen LogP contribution < -0.4 is 11.5 Å². The van der Waals surface area contributed by atoms with Crippen molar-refractivity contribution in [2.45, 2.75) is 11.8 Å². The summed E-state index contributed by atoms with van der Waals surface area (Å²) in [6, 6.07) is 20.6. The third-order valence-electron chi connectivity index (χ3n) is 6.84. The monoisotopic (exact) mass is 474 g/mol. The number of rotatable bonds is 2. The molecule has 0 saturated heterocycles. The summed E-state index contributed by atoms with van der Waals surface area (Å²) >= 11 is 0. The number of hydrogen-bond donors (Lipinski definition) is 2. The molecule has 4 N–H and O–H groups in total. The molecule has 2 aliphatic rings. The van der Waals surface area contributed by atoms with Crippen LogP contribution in [-0.2, 0) is 0 Å². The van der Waals surface area contributed by atoms with Crippen molar-refractivity contribution in [3.8, 4) is 34.1 Å². The van der Waals surface area contributed by atoms with E-state index in [-0.39, 0.29) is 23.2 Å². The molecule has 174 valence electrons. The Kier molecular flexibility index (Phi) is 4.56. The van der Waals surface area contributed by atoms with Crippen LogP contribution in [0, 0.1) is 32.1 Å². The number of fused-ring (bicyclic) bond motifs is 6. The lowest BCUT2D eigenvalue weighted by Crippen LogP contribution is -1.99. The van der Waals surface area contributed by atoms with Gasteiger partial charge in [-0.1, -0.05) is 24.0 Å². The number of nitro benzene ring substituents is 2. The van der Waals surface area contributed by atoms with Crippen molar-refractivity contribution in [1.82, 2.24) is 0 Å². The normalized spacial score (nSPS) is 16.2. The van der Waals surface area contributed by atoms with E-state index in [0.717, 1.165) is 44.5 Å². The Morgan fingerprint density at radius 2 is 1.03 bits per heavy atom. The first-order valence-corrected chi connectivity index (χ1v) is 11.2. The number of nitrogens with two attached hydrogens (primary N) is 2. The molecular formula is C28H18N4O4. The molecule has 4 aromatic rings. The third kappa shape index (κ3) is 3.18. The van der Waals surface area contributed by atoms with E-state index in [1.165, 1.54) is 12.1 Å². The van der Waals surface area contributed by atoms with Crippen LogP contribution in [0.2, 0.25) is 0 Å². The number of nitro groups is 2. The molecule has 0 heterocycles. The SMILES string of the molecule is Nc1ccc2c(c1)-c1ccc([N+](=O)[O-])cc1C2C#CC1c2ccc([N+](=O)[O-])cc2-c2ccc(N)cc21. The second-order valence-corrected chi connectivity index (χ2v) is 8.91. The molecule has 0 radical (unpaired) electrons. The molecule has 0 amide bonds. The summed E-state index contributed by atoms with van der Waals surface area (Å²) in [4.78, 5) is 22.0. The molecule has 0 bridgehead atoms. The highest BCUT2D eigenvalue weighted by Crippen LogP contribution is 2.49. The van der Waals surface area contributed by atoms with Gasteiger partial charge in [0, 0.05) is 35.6 Å². The molecule has 6 rings (SSSR count). The summed E-state index contributed by atoms with van der Waals surface area (Å²) in [5.74, 6) is 6.02. The summed E-state index contributed by atoms with van der Waals surface area (Å²) < 4.78 is 0. The second-order valence-electron chi connectivity index (χ2n) is 8.91. The average Bonchev–Trinajstić information content (AvgIpc) is 3.33. The summed E-state index contributed by atoms with van der Waals surface area (Å²) in [7, 11) is 0. The van der Waals surface area contributed by atoms with E-state index in [0.29, 0.717) is 11.4 Å². The zero-order valence-electron chi connectivity index (χ0n) is 18.8. The predicted octanol–water partition coefficient (Wildman–Crippen LogP) is 5.60. The largest absolute Gasteiger partial charge is 0.399 e. The standard InChI is InChI=1S/C28H18N4O4/c29-15-1-5-19-22(28-14-18(32(35)36)4-8-24(28)25(19)11-15)10-9-21-20-7-3-17(31(33)34)13-27(20)23-6-2-16(30)12-26(21)23/h1-8,11-14,21-22H,29-30H2. The Balaban J connectivity index is 1.52. The fourth-order valence-corrected chi connectivity index (χ4v) is 5.23. The van der Waals surface area contributed by atoms with E-state index in [2.05, 4.69) is 11.8 Å². The summed E-state index contributed by atoms with van der Waals surface area (Å²) in [6.45, 7) is 0. The minimum absolute atomic E-state index is 0.00188. The summed E-state index contributed by atoms with van der Waals surface area (Å²) in [5, 5.41) is 22.9. The van der Waals surface area contributed by atoms with E-state index in [4.69, 9.17) is 11.5 Å². The van der Waals surface area contributed by atoms with Gasteiger partial charge in [0.05, 0.1) is 21.7 Å². The van der Waals surface area contributed by atoms with E-state index < -0.39 is 9.85 Å². The zero-order chi connectivity index (χ0) is 25.1. The Hall–Kier alpha value is -5.16. The minimum Gasteiger partial charge on any atom is -0.399 e. The van der Waals surface area contributed by atoms with E-state index >= 15 is 0 Å². The van der Waals surface area contributed by atoms with Gasteiger partial charge in [-0.25, -0.2) is 0 Å². The van der Waals surface area contributed by atoms with Crippen molar-refractivity contribution in [2.24, 2.45) is 0 Å². The number of hydrogen-bond acceptors (Lipinski definition) is 6. The van der Waals surface area contributed by atoms with Crippen LogP contribution in [-0.4, -0.2) is 9.85 Å². The van der Waals surface area contributed by atoms with E-state index in [1.54, 1.807) is 36.4 Å². The average molecular weight is 474 g/mol. The predicted molar refractivity (Wildman–Crippen MR) is 137 cm³/mol. The maximum Gasteiger partial charge on any atom is 0.270 e. The molecule has 0 aromatic heterocycles. The van der Waals surface area contributed by atoms with Crippen LogP contribution >= 0.6 is 0 Å². The molecule has 0 fully saturated rings. The maximum absolute atomic E-state index is 11.5. The zero-order valence-corrected chi connectivity index (χ0v) is 18.8. The van der Waals surface area contributed by atoms with Gasteiger partial charge in [-0.2, -0.15) is 0 Å². The number of nitrogen functional groups attached to an aromatic ring is 2. The molecule has 4 aromatic carbocycles. The van der Waals surface area contributed by atoms with Crippen LogP contribution in [0.1, 0.15) is 34.1 Å². The van der Waals surface area contributed by atoms with Gasteiger partial charge in [-0.3, -0.25) is 20.2 Å². The lowest BCUT2D eigenvalue weighted by molar-refractivity contribution is -0.385. The molecule has 2 atom stereocenters. The lowest BCUT2D eigenvalue weighted by atomic mass is 9.93. The van der Waals surface area contributed by atoms with Crippen molar-refractivity contribution in [2.75, 3.05) is 11.5 Å². The Morgan fingerprint density at radius 1 is 0.556 bits per heavy atom. The first kappa shape index (κ1) is 21.4. The fraction of sp³-hybridized carbons (Fsp3) is 0.0714. The molecular weight excluding hydrogens is 456 g/mol. The van der Waals surface area contributed by atoms with Crippen molar-refractivity contribution in [3.63, 3.8) is 0 Å². The van der Waals surface area contributed by atoms with E-state index in [9.17, 15) is 20.2 Å². The third-order valence-corrected chi connectivity index (χ3v) is 6.84. The minimum atomic E-state index is -0.415. The topological polar surface area (TPSA) is 138 Å². The molecule has 2 aliphatic carbocycles. The summed E-state index contributed by atoms with van der Waals surface area (Å²) in [5.41, 5.74) is 20.1. The highest BCUT2D eigenvalue weighted by Gasteiger charge is 2.32. The van der Waals surface area contributed by atoms with Gasteiger partial charge in [0.1, 0.15) is 0 Å². The van der Waals surface area contributed by atoms with Crippen LogP contribution in [0.5, 0.6) is 0 Å². The van der Waals surface area contributed by atoms with Gasteiger partial charge in [-0.05, 0) is 80.9 Å². The number of anilines is 2. The molecule has 0 aliphatic heterocycles. The Bertz CT molecular complexity index is 1700. The molecule has 0 saturated carbocycles. The van der Waals surface area contributed by atoms with Gasteiger partial charge in [0.25, 0.3) is 11.4 Å². The van der Waals surface area contributed by atoms with Crippen molar-refractivity contribution < 1.29 is 9.85 Å². The number of benzene rings is 4. The first-order chi connectivity index (χ1) is 17.3. The smallest absolute Gasteiger partial charge is 0.270 e. The molecule has 2 unspecified atom stereocenters. The van der Waals surface area contributed by atoms with Crippen LogP contribution in [0.15, 0.2) is 72.8 Å². The maximum atomic E-state index is 11.5. The number of non-ortho nitro benzene ring substituents is 2. The summed E-state index contributed by atoms with van der Waals surface area (Å²) in [6.07, 6.45) is 0. The van der Waals surface area contributed by atoms with Crippen LogP contribution in [0.25, 0.3) is 22.3 Å². The van der Waals surface area contributed by atoms with Crippen LogP contribution in [0.4, 0.5) is 22.7 Å². The Morgan fingerprint density at radius 3 is 1.69 bits per heavy atom. The second kappa shape index (κ2) is 7.68. The van der Waals surface area contributed by atoms with Gasteiger partial charge >= 0.3 is 0 Å². The molecule has 8 heteroatoms. The fourth-order valence-electron chi connectivity index (χ4n) is 5.23. The van der Waals surface area contributed by atoms with Gasteiger partial charge in [0.15, 0.2) is 0 Å². The van der Waals surface area contributed by atoms with Gasteiger partial charge in [0.2, 0.25) is 0 Å². The molecule has 36 heavy (non-hydrogen) atoms. The quantitative estimate of drug-likeness (QED) is 0.168. The van der Waals surface area contributed by atoms with Gasteiger partial charge in [-0.15, -0.1) is 0 Å². The van der Waals surface area contributed by atoms with Crippen molar-refractivity contribution >= 4 is 22.7 Å². The first-order valence-electron chi connectivity index (χ1n) is 11.2. The Labute approximate surface area is 205 Å². The van der Waals surface area contributed by atoms with Crippen molar-refractivity contribution in [1.29, 1.82) is 0 Å². The number of nitrogens with zero attached hydrogens (tertiary/aromatic N) is 2. The van der Waals surface area contributed by atoms with E-state index in [1.807, 2.05) is 24.3 Å².